The van der Waals surface area contributed by atoms with Crippen LogP contribution in [0.2, 0.25) is 0 Å². The highest BCUT2D eigenvalue weighted by atomic mass is 32.2. The molecule has 0 saturated carbocycles. The summed E-state index contributed by atoms with van der Waals surface area (Å²) in [7, 11) is 0. The van der Waals surface area contributed by atoms with Gasteiger partial charge in [-0.1, -0.05) is 35.9 Å². The molecule has 2 heterocycles. The highest BCUT2D eigenvalue weighted by molar-refractivity contribution is 8.18. The topological polar surface area (TPSA) is 75.5 Å². The molecule has 4 rings (SSSR count). The number of aryl methyl sites for hydroxylation is 3. The second-order valence-corrected chi connectivity index (χ2v) is 8.77. The number of benzene rings is 2. The van der Waals surface area contributed by atoms with E-state index in [0.29, 0.717) is 15.6 Å². The predicted molar refractivity (Wildman–Crippen MR) is 131 cm³/mol. The summed E-state index contributed by atoms with van der Waals surface area (Å²) in [5.74, 6) is -0.376. The Kier molecular flexibility index (Phi) is 6.01. The Labute approximate surface area is 191 Å². The maximum atomic E-state index is 12.6. The van der Waals surface area contributed by atoms with Gasteiger partial charge in [0.05, 0.1) is 10.6 Å². The number of hydrogen-bond acceptors (Lipinski definition) is 4. The van der Waals surface area contributed by atoms with Crippen LogP contribution in [-0.4, -0.2) is 21.7 Å². The van der Waals surface area contributed by atoms with Crippen LogP contribution in [0.1, 0.15) is 38.4 Å². The van der Waals surface area contributed by atoms with E-state index in [4.69, 9.17) is 0 Å². The van der Waals surface area contributed by atoms with Gasteiger partial charge in [-0.25, -0.2) is 4.99 Å². The summed E-state index contributed by atoms with van der Waals surface area (Å²) in [5, 5.41) is 3.39. The molecule has 0 unspecified atom stereocenters. The zero-order valence-corrected chi connectivity index (χ0v) is 19.2. The zero-order chi connectivity index (χ0) is 22.8. The van der Waals surface area contributed by atoms with Crippen LogP contribution < -0.4 is 10.7 Å². The molecule has 0 bridgehead atoms. The van der Waals surface area contributed by atoms with E-state index in [0.717, 1.165) is 28.2 Å². The fourth-order valence-corrected chi connectivity index (χ4v) is 4.35. The third-order valence-corrected chi connectivity index (χ3v) is 6.14. The third-order valence-electron chi connectivity index (χ3n) is 5.23. The van der Waals surface area contributed by atoms with Crippen LogP contribution in [0.4, 0.5) is 5.69 Å². The fourth-order valence-electron chi connectivity index (χ4n) is 3.52. The molecule has 1 aromatic heterocycles. The standard InChI is InChI=1S/C25H24N4O2S/c1-15-10-11-21(16(2)12-15)26-25-27-24(31)22(32-25)14-20-13-17(3)29(18(20)4)28-23(30)19-8-6-5-7-9-19/h5-14H,1-4H3,(H,28,30)(H,26,27,31)/b22-14-. The molecular formula is C25H24N4O2S. The summed E-state index contributed by atoms with van der Waals surface area (Å²) in [4.78, 5) is 30.2. The summed E-state index contributed by atoms with van der Waals surface area (Å²) in [6.45, 7) is 7.86. The molecule has 3 aromatic rings. The van der Waals surface area contributed by atoms with Gasteiger partial charge in [0.2, 0.25) is 0 Å². The Morgan fingerprint density at radius 1 is 1.06 bits per heavy atom. The first-order valence-corrected chi connectivity index (χ1v) is 11.1. The summed E-state index contributed by atoms with van der Waals surface area (Å²) >= 11 is 1.31. The van der Waals surface area contributed by atoms with E-state index in [1.807, 2.05) is 70.2 Å². The smallest absolute Gasteiger partial charge is 0.270 e. The second-order valence-electron chi connectivity index (χ2n) is 7.74. The summed E-state index contributed by atoms with van der Waals surface area (Å²) < 4.78 is 1.74. The summed E-state index contributed by atoms with van der Waals surface area (Å²) in [5.41, 5.74) is 9.14. The largest absolute Gasteiger partial charge is 0.300 e. The van der Waals surface area contributed by atoms with E-state index in [1.54, 1.807) is 16.8 Å². The van der Waals surface area contributed by atoms with E-state index in [1.165, 1.54) is 17.3 Å². The van der Waals surface area contributed by atoms with Crippen molar-refractivity contribution >= 4 is 40.5 Å². The Hall–Kier alpha value is -3.58. The molecule has 2 aromatic carbocycles. The fraction of sp³-hybridized carbons (Fsp3) is 0.160. The van der Waals surface area contributed by atoms with Gasteiger partial charge in [-0.05, 0) is 80.9 Å². The zero-order valence-electron chi connectivity index (χ0n) is 18.4. The summed E-state index contributed by atoms with van der Waals surface area (Å²) in [6.07, 6.45) is 1.83. The molecule has 7 heteroatoms. The van der Waals surface area contributed by atoms with Crippen molar-refractivity contribution in [2.45, 2.75) is 27.7 Å². The lowest BCUT2D eigenvalue weighted by molar-refractivity contribution is -0.115. The maximum absolute atomic E-state index is 12.6. The minimum atomic E-state index is -0.192. The summed E-state index contributed by atoms with van der Waals surface area (Å²) in [6, 6.07) is 17.0. The van der Waals surface area contributed by atoms with E-state index < -0.39 is 0 Å². The van der Waals surface area contributed by atoms with Crippen molar-refractivity contribution < 1.29 is 9.59 Å². The second kappa shape index (κ2) is 8.88. The third kappa shape index (κ3) is 4.53. The molecule has 0 radical (unpaired) electrons. The van der Waals surface area contributed by atoms with Gasteiger partial charge in [-0.2, -0.15) is 0 Å². The van der Waals surface area contributed by atoms with Crippen molar-refractivity contribution in [1.82, 2.24) is 9.99 Å². The van der Waals surface area contributed by atoms with Gasteiger partial charge in [-0.15, -0.1) is 0 Å². The average Bonchev–Trinajstić information content (AvgIpc) is 3.24. The lowest BCUT2D eigenvalue weighted by Crippen LogP contribution is -2.24. The highest BCUT2D eigenvalue weighted by Gasteiger charge is 2.25. The van der Waals surface area contributed by atoms with Crippen molar-refractivity contribution in [2.75, 3.05) is 5.43 Å². The molecule has 162 valence electrons. The molecule has 0 aliphatic carbocycles. The van der Waals surface area contributed by atoms with Crippen LogP contribution in [0, 0.1) is 27.7 Å². The normalized spacial score (nSPS) is 15.9. The van der Waals surface area contributed by atoms with Crippen molar-refractivity contribution in [3.05, 3.63) is 93.1 Å². The van der Waals surface area contributed by atoms with Gasteiger partial charge in [0.1, 0.15) is 0 Å². The molecule has 0 spiro atoms. The Morgan fingerprint density at radius 2 is 1.81 bits per heavy atom. The van der Waals surface area contributed by atoms with E-state index in [9.17, 15) is 9.59 Å². The van der Waals surface area contributed by atoms with Crippen molar-refractivity contribution in [3.8, 4) is 0 Å². The minimum Gasteiger partial charge on any atom is -0.300 e. The number of aliphatic imine (C=N–C) groups is 1. The number of amidine groups is 1. The Balaban J connectivity index is 1.56. The molecule has 1 saturated heterocycles. The molecule has 32 heavy (non-hydrogen) atoms. The van der Waals surface area contributed by atoms with Gasteiger partial charge < -0.3 is 5.32 Å². The molecule has 1 aliphatic heterocycles. The quantitative estimate of drug-likeness (QED) is 0.556. The Morgan fingerprint density at radius 3 is 2.53 bits per heavy atom. The van der Waals surface area contributed by atoms with Crippen molar-refractivity contribution in [1.29, 1.82) is 0 Å². The first-order valence-electron chi connectivity index (χ1n) is 10.2. The van der Waals surface area contributed by atoms with Crippen molar-refractivity contribution in [2.24, 2.45) is 4.99 Å². The Bertz CT molecular complexity index is 1270. The van der Waals surface area contributed by atoms with Gasteiger partial charge in [0.25, 0.3) is 11.8 Å². The van der Waals surface area contributed by atoms with Crippen molar-refractivity contribution in [3.63, 3.8) is 0 Å². The minimum absolute atomic E-state index is 0.184. The van der Waals surface area contributed by atoms with Gasteiger partial charge in [-0.3, -0.25) is 19.7 Å². The average molecular weight is 445 g/mol. The number of amides is 2. The molecular weight excluding hydrogens is 420 g/mol. The molecule has 6 nitrogen and oxygen atoms in total. The van der Waals surface area contributed by atoms with E-state index >= 15 is 0 Å². The lowest BCUT2D eigenvalue weighted by atomic mass is 10.1. The van der Waals surface area contributed by atoms with Gasteiger partial charge in [0, 0.05) is 17.0 Å². The number of aromatic nitrogens is 1. The van der Waals surface area contributed by atoms with Crippen LogP contribution in [0.3, 0.4) is 0 Å². The van der Waals surface area contributed by atoms with Gasteiger partial charge in [0.15, 0.2) is 5.17 Å². The number of carbonyl (C=O) groups is 2. The molecule has 1 fully saturated rings. The first-order chi connectivity index (χ1) is 15.3. The first kappa shape index (κ1) is 21.6. The van der Waals surface area contributed by atoms with E-state index in [-0.39, 0.29) is 11.8 Å². The molecule has 0 atom stereocenters. The lowest BCUT2D eigenvalue weighted by Gasteiger charge is -2.11. The van der Waals surface area contributed by atoms with Crippen LogP contribution in [0.25, 0.3) is 6.08 Å². The van der Waals surface area contributed by atoms with Crippen LogP contribution in [0.5, 0.6) is 0 Å². The number of carbonyl (C=O) groups excluding carboxylic acids is 2. The molecule has 1 aliphatic rings. The van der Waals surface area contributed by atoms with Gasteiger partial charge >= 0.3 is 0 Å². The van der Waals surface area contributed by atoms with Crippen LogP contribution in [-0.2, 0) is 4.79 Å². The molecule has 2 amide bonds. The van der Waals surface area contributed by atoms with Crippen LogP contribution >= 0.6 is 11.8 Å². The monoisotopic (exact) mass is 444 g/mol. The number of nitrogens with one attached hydrogen (secondary N) is 2. The SMILES string of the molecule is Cc1ccc(N=C2NC(=O)/C(=C/c3cc(C)n(NC(=O)c4ccccc4)c3C)S2)c(C)c1. The number of rotatable bonds is 4. The molecule has 2 N–H and O–H groups in total. The maximum Gasteiger partial charge on any atom is 0.270 e. The number of thioether (sulfide) groups is 1. The van der Waals surface area contributed by atoms with E-state index in [2.05, 4.69) is 21.8 Å². The number of nitrogens with zero attached hydrogens (tertiary/aromatic N) is 2. The predicted octanol–water partition coefficient (Wildman–Crippen LogP) is 5.00. The van der Waals surface area contributed by atoms with Crippen LogP contribution in [0.15, 0.2) is 64.5 Å². The number of hydrogen-bond donors (Lipinski definition) is 2. The highest BCUT2D eigenvalue weighted by Crippen LogP contribution is 2.30.